The summed E-state index contributed by atoms with van der Waals surface area (Å²) in [6, 6.07) is 16.2. The van der Waals surface area contributed by atoms with Gasteiger partial charge in [-0.15, -0.1) is 0 Å². The summed E-state index contributed by atoms with van der Waals surface area (Å²) in [7, 11) is 0. The number of hydrazine groups is 1. The lowest BCUT2D eigenvalue weighted by Gasteiger charge is -2.33. The Morgan fingerprint density at radius 1 is 0.935 bits per heavy atom. The minimum Gasteiger partial charge on any atom is -0.484 e. The van der Waals surface area contributed by atoms with Crippen LogP contribution in [0.15, 0.2) is 55.1 Å². The first-order valence-corrected chi connectivity index (χ1v) is 10.9. The first-order valence-electron chi connectivity index (χ1n) is 10.9. The van der Waals surface area contributed by atoms with Crippen molar-refractivity contribution in [2.24, 2.45) is 5.41 Å². The number of carbonyl (C=O) groups is 1. The van der Waals surface area contributed by atoms with Gasteiger partial charge in [0.2, 0.25) is 0 Å². The molecule has 0 unspecified atom stereocenters. The van der Waals surface area contributed by atoms with Crippen molar-refractivity contribution in [2.45, 2.75) is 66.2 Å². The molecule has 2 aromatic carbocycles. The molecule has 0 bridgehead atoms. The number of hydrogen-bond acceptors (Lipinski definition) is 3. The van der Waals surface area contributed by atoms with Gasteiger partial charge >= 0.3 is 0 Å². The predicted octanol–water partition coefficient (Wildman–Crippen LogP) is 6.19. The van der Waals surface area contributed by atoms with Crippen LogP contribution < -0.4 is 15.6 Å². The summed E-state index contributed by atoms with van der Waals surface area (Å²) < 4.78 is 5.63. The van der Waals surface area contributed by atoms with Gasteiger partial charge in [-0.05, 0) is 52.0 Å². The first-order chi connectivity index (χ1) is 14.4. The maximum absolute atomic E-state index is 12.1. The summed E-state index contributed by atoms with van der Waals surface area (Å²) >= 11 is 0. The second-order valence-corrected chi connectivity index (χ2v) is 10.4. The molecule has 0 aliphatic carbocycles. The molecular weight excluding hydrogens is 384 g/mol. The van der Waals surface area contributed by atoms with E-state index < -0.39 is 0 Å². The van der Waals surface area contributed by atoms with E-state index in [2.05, 4.69) is 90.2 Å². The third-order valence-corrected chi connectivity index (χ3v) is 5.26. The Morgan fingerprint density at radius 3 is 2.03 bits per heavy atom. The van der Waals surface area contributed by atoms with E-state index in [4.69, 9.17) is 4.74 Å². The van der Waals surface area contributed by atoms with E-state index in [1.54, 1.807) is 0 Å². The molecule has 0 aromatic heterocycles. The van der Waals surface area contributed by atoms with Gasteiger partial charge in [-0.1, -0.05) is 91.4 Å². The third-order valence-electron chi connectivity index (χ3n) is 5.26. The molecule has 0 spiro atoms. The topological polar surface area (TPSA) is 50.4 Å². The Bertz CT molecular complexity index is 873. The monoisotopic (exact) mass is 422 g/mol. The Balaban J connectivity index is 1.82. The van der Waals surface area contributed by atoms with E-state index in [1.165, 1.54) is 11.1 Å². The Kier molecular flexibility index (Phi) is 7.94. The van der Waals surface area contributed by atoms with Gasteiger partial charge in [-0.2, -0.15) is 0 Å². The highest BCUT2D eigenvalue weighted by Gasteiger charge is 2.27. The van der Waals surface area contributed by atoms with E-state index in [9.17, 15) is 4.79 Å². The Morgan fingerprint density at radius 2 is 1.52 bits per heavy atom. The molecule has 1 amide bonds. The number of hydrogen-bond donors (Lipinski definition) is 2. The van der Waals surface area contributed by atoms with Crippen LogP contribution in [-0.2, 0) is 10.2 Å². The summed E-state index contributed by atoms with van der Waals surface area (Å²) in [5.41, 5.74) is 9.92. The van der Waals surface area contributed by atoms with Gasteiger partial charge in [0.05, 0.1) is 5.70 Å². The summed E-state index contributed by atoms with van der Waals surface area (Å²) in [5.74, 6) is 0.886. The van der Waals surface area contributed by atoms with E-state index in [0.717, 1.165) is 12.0 Å². The van der Waals surface area contributed by atoms with Gasteiger partial charge in [0.25, 0.3) is 5.91 Å². The lowest BCUT2D eigenvalue weighted by Crippen LogP contribution is -2.38. The zero-order valence-electron chi connectivity index (χ0n) is 20.1. The van der Waals surface area contributed by atoms with Gasteiger partial charge < -0.3 is 4.74 Å². The van der Waals surface area contributed by atoms with Crippen LogP contribution in [-0.4, -0.2) is 12.5 Å². The fourth-order valence-corrected chi connectivity index (χ4v) is 3.90. The lowest BCUT2D eigenvalue weighted by molar-refractivity contribution is -0.123. The fraction of sp³-hybridized carbons (Fsp3) is 0.444. The zero-order valence-corrected chi connectivity index (χ0v) is 20.1. The van der Waals surface area contributed by atoms with Gasteiger partial charge in [0, 0.05) is 0 Å². The molecule has 2 rings (SSSR count). The average Bonchev–Trinajstić information content (AvgIpc) is 2.69. The molecule has 0 aliphatic heterocycles. The molecule has 4 nitrogen and oxygen atoms in total. The molecule has 0 aliphatic rings. The van der Waals surface area contributed by atoms with E-state index in [-0.39, 0.29) is 23.3 Å². The summed E-state index contributed by atoms with van der Waals surface area (Å²) in [5, 5.41) is 0. The van der Waals surface area contributed by atoms with Crippen LogP contribution in [0.4, 0.5) is 0 Å². The van der Waals surface area contributed by atoms with E-state index >= 15 is 0 Å². The van der Waals surface area contributed by atoms with E-state index in [0.29, 0.717) is 17.4 Å². The largest absolute Gasteiger partial charge is 0.484 e. The highest BCUT2D eigenvalue weighted by Crippen LogP contribution is 2.36. The maximum atomic E-state index is 12.1. The van der Waals surface area contributed by atoms with Crippen molar-refractivity contribution in [3.05, 3.63) is 71.8 Å². The van der Waals surface area contributed by atoms with Crippen LogP contribution in [0, 0.1) is 5.41 Å². The average molecular weight is 423 g/mol. The van der Waals surface area contributed by atoms with Gasteiger partial charge in [0.1, 0.15) is 5.75 Å². The quantitative estimate of drug-likeness (QED) is 0.473. The predicted molar refractivity (Wildman–Crippen MR) is 130 cm³/mol. The second kappa shape index (κ2) is 10.0. The molecule has 0 radical (unpaired) electrons. The van der Waals surface area contributed by atoms with Crippen molar-refractivity contribution in [1.29, 1.82) is 0 Å². The minimum absolute atomic E-state index is 0.0721. The van der Waals surface area contributed by atoms with Crippen molar-refractivity contribution in [1.82, 2.24) is 10.9 Å². The minimum atomic E-state index is -0.267. The highest BCUT2D eigenvalue weighted by molar-refractivity contribution is 5.78. The summed E-state index contributed by atoms with van der Waals surface area (Å²) in [6.45, 7) is 19.5. The molecule has 168 valence electrons. The molecule has 0 saturated heterocycles. The van der Waals surface area contributed by atoms with Crippen molar-refractivity contribution in [2.75, 3.05) is 6.61 Å². The molecule has 2 N–H and O–H groups in total. The number of rotatable bonds is 9. The Labute approximate surface area is 188 Å². The molecular formula is C27H38N2O2. The molecule has 0 fully saturated rings. The van der Waals surface area contributed by atoms with Crippen LogP contribution in [0.25, 0.3) is 5.70 Å². The number of ether oxygens (including phenoxy) is 1. The molecule has 4 heteroatoms. The summed E-state index contributed by atoms with van der Waals surface area (Å²) in [4.78, 5) is 12.1. The zero-order chi connectivity index (χ0) is 23.2. The lowest BCUT2D eigenvalue weighted by atomic mass is 9.72. The van der Waals surface area contributed by atoms with Crippen LogP contribution in [0.3, 0.4) is 0 Å². The van der Waals surface area contributed by atoms with Crippen molar-refractivity contribution in [3.63, 3.8) is 0 Å². The highest BCUT2D eigenvalue weighted by atomic mass is 16.5. The van der Waals surface area contributed by atoms with Gasteiger partial charge in [-0.3, -0.25) is 15.6 Å². The molecule has 0 heterocycles. The Hall–Kier alpha value is -2.75. The van der Waals surface area contributed by atoms with Gasteiger partial charge in [-0.25, -0.2) is 0 Å². The fourth-order valence-electron chi connectivity index (χ4n) is 3.90. The SMILES string of the molecule is C=C(NNC(=O)COc1ccc(C(C)(C)CC(C)(C)C)cc1)c1ccc(C(C)C)cc1. The summed E-state index contributed by atoms with van der Waals surface area (Å²) in [6.07, 6.45) is 1.08. The molecule has 31 heavy (non-hydrogen) atoms. The maximum Gasteiger partial charge on any atom is 0.276 e. The van der Waals surface area contributed by atoms with Crippen LogP contribution in [0.2, 0.25) is 0 Å². The normalized spacial score (nSPS) is 11.9. The first kappa shape index (κ1) is 24.5. The standard InChI is InChI=1S/C27H38N2O2/c1-19(2)21-9-11-22(12-10-21)20(3)28-29-25(30)17-31-24-15-13-23(14-16-24)27(7,8)18-26(4,5)6/h9-16,19,28H,3,17-18H2,1-2,4-8H3,(H,29,30). The van der Waals surface area contributed by atoms with Gasteiger partial charge in [0.15, 0.2) is 6.61 Å². The van der Waals surface area contributed by atoms with Crippen molar-refractivity contribution >= 4 is 11.6 Å². The number of amides is 1. The van der Waals surface area contributed by atoms with Crippen LogP contribution >= 0.6 is 0 Å². The number of nitrogens with one attached hydrogen (secondary N) is 2. The number of carbonyl (C=O) groups excluding carboxylic acids is 1. The molecule has 2 aromatic rings. The van der Waals surface area contributed by atoms with Crippen molar-refractivity contribution < 1.29 is 9.53 Å². The van der Waals surface area contributed by atoms with Crippen LogP contribution in [0.1, 0.15) is 77.5 Å². The molecule has 0 atom stereocenters. The van der Waals surface area contributed by atoms with E-state index in [1.807, 2.05) is 24.3 Å². The van der Waals surface area contributed by atoms with Crippen molar-refractivity contribution in [3.8, 4) is 5.75 Å². The second-order valence-electron chi connectivity index (χ2n) is 10.4. The van der Waals surface area contributed by atoms with Crippen LogP contribution in [0.5, 0.6) is 5.75 Å². The third kappa shape index (κ3) is 7.78. The molecule has 0 saturated carbocycles. The smallest absolute Gasteiger partial charge is 0.276 e. The number of benzene rings is 2.